The van der Waals surface area contributed by atoms with Crippen molar-refractivity contribution in [3.8, 4) is 5.75 Å². The third-order valence-corrected chi connectivity index (χ3v) is 4.73. The fourth-order valence-corrected chi connectivity index (χ4v) is 2.89. The summed E-state index contributed by atoms with van der Waals surface area (Å²) in [6.07, 6.45) is -8.49. The van der Waals surface area contributed by atoms with Crippen molar-refractivity contribution in [2.45, 2.75) is 77.6 Å². The van der Waals surface area contributed by atoms with Gasteiger partial charge in [0, 0.05) is 18.2 Å². The largest absolute Gasteiger partial charge is 0.479 e. The monoisotopic (exact) mass is 441 g/mol. The Morgan fingerprint density at radius 1 is 1.10 bits per heavy atom. The number of nitrogens with one attached hydrogen (secondary N) is 1. The van der Waals surface area contributed by atoms with Crippen LogP contribution in [0.2, 0.25) is 0 Å². The molecule has 1 aliphatic heterocycles. The predicted molar refractivity (Wildman–Crippen MR) is 108 cm³/mol. The lowest BCUT2D eigenvalue weighted by molar-refractivity contribution is -0.271. The highest BCUT2D eigenvalue weighted by Gasteiger charge is 2.48. The molecule has 0 unspecified atom stereocenters. The van der Waals surface area contributed by atoms with Gasteiger partial charge >= 0.3 is 11.9 Å². The highest BCUT2D eigenvalue weighted by atomic mass is 16.7. The lowest BCUT2D eigenvalue weighted by atomic mass is 9.99. The minimum atomic E-state index is -1.80. The van der Waals surface area contributed by atoms with E-state index in [1.54, 1.807) is 32.0 Å². The van der Waals surface area contributed by atoms with Crippen LogP contribution in [0, 0.1) is 5.92 Å². The number of carboxylic acid groups (broad SMARTS) is 1. The number of aliphatic carboxylic acids is 1. The number of carbonyl (C=O) groups excluding carboxylic acids is 1. The minimum absolute atomic E-state index is 0.0700. The molecule has 1 aromatic carbocycles. The Labute approximate surface area is 180 Å². The lowest BCUT2D eigenvalue weighted by Gasteiger charge is -2.38. The SMILES string of the molecule is CC(C)NCc1cc(COC(=O)C(C)C)ccc1O[C@H]1O[C@@H](C(=O)O)[C@H](O)[C@@H](O)[C@@H]1O. The van der Waals surface area contributed by atoms with Crippen molar-refractivity contribution < 1.29 is 44.2 Å². The van der Waals surface area contributed by atoms with Crippen molar-refractivity contribution >= 4 is 11.9 Å². The van der Waals surface area contributed by atoms with E-state index < -0.39 is 36.7 Å². The normalized spacial score (nSPS) is 26.2. The first kappa shape index (κ1) is 25.0. The van der Waals surface area contributed by atoms with E-state index in [1.807, 2.05) is 13.8 Å². The van der Waals surface area contributed by atoms with E-state index in [1.165, 1.54) is 0 Å². The number of esters is 1. The molecule has 1 aromatic rings. The maximum absolute atomic E-state index is 11.7. The molecule has 1 saturated heterocycles. The van der Waals surface area contributed by atoms with Gasteiger partial charge < -0.3 is 40.0 Å². The molecule has 0 radical (unpaired) electrons. The number of ether oxygens (including phenoxy) is 3. The number of carbonyl (C=O) groups is 2. The molecule has 0 bridgehead atoms. The van der Waals surface area contributed by atoms with E-state index in [-0.39, 0.29) is 30.3 Å². The smallest absolute Gasteiger partial charge is 0.335 e. The molecule has 31 heavy (non-hydrogen) atoms. The van der Waals surface area contributed by atoms with Gasteiger partial charge in [0.15, 0.2) is 6.10 Å². The van der Waals surface area contributed by atoms with Crippen LogP contribution in [0.4, 0.5) is 0 Å². The zero-order valence-corrected chi connectivity index (χ0v) is 18.0. The molecule has 5 atom stereocenters. The summed E-state index contributed by atoms with van der Waals surface area (Å²) in [7, 11) is 0. The summed E-state index contributed by atoms with van der Waals surface area (Å²) < 4.78 is 16.1. The van der Waals surface area contributed by atoms with Gasteiger partial charge in [-0.3, -0.25) is 4.79 Å². The average Bonchev–Trinajstić information content (AvgIpc) is 2.71. The summed E-state index contributed by atoms with van der Waals surface area (Å²) in [6, 6.07) is 5.16. The molecule has 1 heterocycles. The second-order valence-corrected chi connectivity index (χ2v) is 8.09. The van der Waals surface area contributed by atoms with Crippen LogP contribution in [0.5, 0.6) is 5.75 Å². The predicted octanol–water partition coefficient (Wildman–Crippen LogP) is 0.155. The number of rotatable bonds is 9. The van der Waals surface area contributed by atoms with E-state index in [9.17, 15) is 30.0 Å². The molecule has 0 amide bonds. The van der Waals surface area contributed by atoms with Crippen LogP contribution < -0.4 is 10.1 Å². The fourth-order valence-electron chi connectivity index (χ4n) is 2.89. The molecule has 10 heteroatoms. The molecule has 0 spiro atoms. The first-order valence-corrected chi connectivity index (χ1v) is 10.1. The van der Waals surface area contributed by atoms with Crippen LogP contribution >= 0.6 is 0 Å². The Hall–Kier alpha value is -2.24. The Kier molecular flexibility index (Phi) is 8.78. The van der Waals surface area contributed by atoms with Crippen LogP contribution in [0.3, 0.4) is 0 Å². The van der Waals surface area contributed by atoms with Crippen LogP contribution in [0.1, 0.15) is 38.8 Å². The zero-order valence-electron chi connectivity index (χ0n) is 18.0. The number of carboxylic acids is 1. The van der Waals surface area contributed by atoms with Crippen molar-refractivity contribution in [1.82, 2.24) is 5.32 Å². The molecule has 0 aromatic heterocycles. The molecule has 0 aliphatic carbocycles. The Balaban J connectivity index is 2.22. The second-order valence-electron chi connectivity index (χ2n) is 8.09. The molecule has 2 rings (SSSR count). The van der Waals surface area contributed by atoms with Crippen molar-refractivity contribution in [3.05, 3.63) is 29.3 Å². The topological polar surface area (TPSA) is 155 Å². The van der Waals surface area contributed by atoms with E-state index in [4.69, 9.17) is 14.2 Å². The molecular weight excluding hydrogens is 410 g/mol. The molecular formula is C21H31NO9. The molecule has 10 nitrogen and oxygen atoms in total. The van der Waals surface area contributed by atoms with E-state index in [0.29, 0.717) is 17.7 Å². The summed E-state index contributed by atoms with van der Waals surface area (Å²) in [6.45, 7) is 7.83. The number of benzene rings is 1. The second kappa shape index (κ2) is 10.9. The van der Waals surface area contributed by atoms with Crippen LogP contribution in [-0.4, -0.2) is 69.1 Å². The third-order valence-electron chi connectivity index (χ3n) is 4.73. The maximum Gasteiger partial charge on any atom is 0.335 e. The molecule has 1 aliphatic rings. The highest BCUT2D eigenvalue weighted by molar-refractivity contribution is 5.73. The number of aliphatic hydroxyl groups excluding tert-OH is 3. The van der Waals surface area contributed by atoms with Gasteiger partial charge in [-0.1, -0.05) is 33.8 Å². The van der Waals surface area contributed by atoms with Crippen molar-refractivity contribution in [2.75, 3.05) is 0 Å². The van der Waals surface area contributed by atoms with Crippen molar-refractivity contribution in [1.29, 1.82) is 0 Å². The summed E-state index contributed by atoms with van der Waals surface area (Å²) in [4.78, 5) is 23.0. The number of aliphatic hydroxyl groups is 3. The van der Waals surface area contributed by atoms with Gasteiger partial charge in [-0.2, -0.15) is 0 Å². The Morgan fingerprint density at radius 2 is 1.77 bits per heavy atom. The molecule has 1 fully saturated rings. The summed E-state index contributed by atoms with van der Waals surface area (Å²) in [5.74, 6) is -1.79. The number of hydrogen-bond donors (Lipinski definition) is 5. The summed E-state index contributed by atoms with van der Waals surface area (Å²) in [5.41, 5.74) is 1.36. The number of hydrogen-bond acceptors (Lipinski definition) is 9. The van der Waals surface area contributed by atoms with Gasteiger partial charge in [0.05, 0.1) is 5.92 Å². The van der Waals surface area contributed by atoms with Gasteiger partial charge in [-0.25, -0.2) is 4.79 Å². The first-order valence-electron chi connectivity index (χ1n) is 10.1. The molecule has 174 valence electrons. The quantitative estimate of drug-likeness (QED) is 0.335. The molecule has 5 N–H and O–H groups in total. The average molecular weight is 441 g/mol. The summed E-state index contributed by atoms with van der Waals surface area (Å²) >= 11 is 0. The lowest BCUT2D eigenvalue weighted by Crippen LogP contribution is -2.61. The minimum Gasteiger partial charge on any atom is -0.479 e. The van der Waals surface area contributed by atoms with E-state index >= 15 is 0 Å². The Bertz CT molecular complexity index is 767. The summed E-state index contributed by atoms with van der Waals surface area (Å²) in [5, 5.41) is 42.4. The molecule has 0 saturated carbocycles. The van der Waals surface area contributed by atoms with Crippen LogP contribution in [-0.2, 0) is 32.2 Å². The van der Waals surface area contributed by atoms with E-state index in [0.717, 1.165) is 0 Å². The standard InChI is InChI=1S/C21H31NO9/c1-10(2)20(28)29-9-12-5-6-14(13(7-12)8-22-11(3)4)30-21-17(25)15(23)16(24)18(31-21)19(26)27/h5-7,10-11,15-18,21-25H,8-9H2,1-4H3,(H,26,27)/t15-,16-,17+,18-,21+/m1/s1. The van der Waals surface area contributed by atoms with Gasteiger partial charge in [0.1, 0.15) is 30.7 Å². The van der Waals surface area contributed by atoms with Crippen LogP contribution in [0.25, 0.3) is 0 Å². The Morgan fingerprint density at radius 3 is 2.35 bits per heavy atom. The van der Waals surface area contributed by atoms with Gasteiger partial charge in [-0.05, 0) is 17.7 Å². The van der Waals surface area contributed by atoms with Gasteiger partial charge in [0.25, 0.3) is 0 Å². The van der Waals surface area contributed by atoms with Crippen LogP contribution in [0.15, 0.2) is 18.2 Å². The van der Waals surface area contributed by atoms with Gasteiger partial charge in [0.2, 0.25) is 6.29 Å². The highest BCUT2D eigenvalue weighted by Crippen LogP contribution is 2.28. The zero-order chi connectivity index (χ0) is 23.3. The van der Waals surface area contributed by atoms with E-state index in [2.05, 4.69) is 5.32 Å². The van der Waals surface area contributed by atoms with Crippen molar-refractivity contribution in [2.24, 2.45) is 5.92 Å². The maximum atomic E-state index is 11.7. The fraction of sp³-hybridized carbons (Fsp3) is 0.619. The van der Waals surface area contributed by atoms with Gasteiger partial charge in [-0.15, -0.1) is 0 Å². The van der Waals surface area contributed by atoms with Crippen molar-refractivity contribution in [3.63, 3.8) is 0 Å². The third kappa shape index (κ3) is 6.62. The first-order chi connectivity index (χ1) is 14.5.